The molecule has 0 radical (unpaired) electrons. The van der Waals surface area contributed by atoms with Gasteiger partial charge in [0, 0.05) is 24.8 Å². The molecular weight excluding hydrogens is 273 g/mol. The molecule has 0 bridgehead atoms. The van der Waals surface area contributed by atoms with E-state index in [4.69, 9.17) is 5.11 Å². The van der Waals surface area contributed by atoms with Gasteiger partial charge in [0.25, 0.3) is 0 Å². The predicted octanol–water partition coefficient (Wildman–Crippen LogP) is 1.39. The Morgan fingerprint density at radius 1 is 1.40 bits per heavy atom. The molecule has 110 valence electrons. The SMILES string of the molecule is O=C(CO)N[C@H]1CCN(c2ccccc2C(F)(F)F)C1. The Morgan fingerprint density at radius 3 is 2.75 bits per heavy atom. The van der Waals surface area contributed by atoms with Gasteiger partial charge < -0.3 is 15.3 Å². The van der Waals surface area contributed by atoms with Gasteiger partial charge >= 0.3 is 6.18 Å². The van der Waals surface area contributed by atoms with E-state index in [-0.39, 0.29) is 11.7 Å². The van der Waals surface area contributed by atoms with Crippen molar-refractivity contribution in [3.63, 3.8) is 0 Å². The van der Waals surface area contributed by atoms with Crippen LogP contribution < -0.4 is 10.2 Å². The summed E-state index contributed by atoms with van der Waals surface area (Å²) in [4.78, 5) is 12.7. The largest absolute Gasteiger partial charge is 0.418 e. The number of para-hydroxylation sites is 1. The summed E-state index contributed by atoms with van der Waals surface area (Å²) in [6.07, 6.45) is -3.85. The van der Waals surface area contributed by atoms with Crippen molar-refractivity contribution < 1.29 is 23.1 Å². The van der Waals surface area contributed by atoms with E-state index < -0.39 is 24.3 Å². The Hall–Kier alpha value is -1.76. The summed E-state index contributed by atoms with van der Waals surface area (Å²) in [7, 11) is 0. The lowest BCUT2D eigenvalue weighted by atomic mass is 10.1. The molecule has 4 nitrogen and oxygen atoms in total. The van der Waals surface area contributed by atoms with Crippen molar-refractivity contribution in [3.8, 4) is 0 Å². The molecule has 1 amide bonds. The normalized spacial score (nSPS) is 19.2. The van der Waals surface area contributed by atoms with Gasteiger partial charge in [-0.25, -0.2) is 0 Å². The first kappa shape index (κ1) is 14.6. The molecule has 1 aromatic carbocycles. The number of carbonyl (C=O) groups is 1. The Kier molecular flexibility index (Phi) is 4.17. The lowest BCUT2D eigenvalue weighted by Gasteiger charge is -2.23. The van der Waals surface area contributed by atoms with Gasteiger partial charge in [0.05, 0.1) is 5.56 Å². The lowest BCUT2D eigenvalue weighted by molar-refractivity contribution is -0.137. The quantitative estimate of drug-likeness (QED) is 0.884. The van der Waals surface area contributed by atoms with Gasteiger partial charge in [-0.05, 0) is 18.6 Å². The molecule has 20 heavy (non-hydrogen) atoms. The number of rotatable bonds is 3. The molecule has 1 fully saturated rings. The van der Waals surface area contributed by atoms with E-state index in [2.05, 4.69) is 5.32 Å². The Balaban J connectivity index is 2.13. The highest BCUT2D eigenvalue weighted by Crippen LogP contribution is 2.37. The molecule has 0 unspecified atom stereocenters. The average molecular weight is 288 g/mol. The van der Waals surface area contributed by atoms with Crippen LogP contribution in [0.15, 0.2) is 24.3 Å². The Morgan fingerprint density at radius 2 is 2.10 bits per heavy atom. The van der Waals surface area contributed by atoms with Gasteiger partial charge in [-0.15, -0.1) is 0 Å². The van der Waals surface area contributed by atoms with E-state index in [1.165, 1.54) is 12.1 Å². The third-order valence-corrected chi connectivity index (χ3v) is 3.25. The molecule has 1 aromatic rings. The topological polar surface area (TPSA) is 52.6 Å². The van der Waals surface area contributed by atoms with Gasteiger partial charge in [-0.2, -0.15) is 13.2 Å². The number of nitrogens with one attached hydrogen (secondary N) is 1. The summed E-state index contributed by atoms with van der Waals surface area (Å²) < 4.78 is 38.8. The highest BCUT2D eigenvalue weighted by Gasteiger charge is 2.36. The lowest BCUT2D eigenvalue weighted by Crippen LogP contribution is -2.38. The number of aliphatic hydroxyl groups is 1. The first-order chi connectivity index (χ1) is 9.41. The third-order valence-electron chi connectivity index (χ3n) is 3.25. The van der Waals surface area contributed by atoms with Crippen molar-refractivity contribution in [2.45, 2.75) is 18.6 Å². The molecule has 2 N–H and O–H groups in total. The van der Waals surface area contributed by atoms with E-state index in [1.54, 1.807) is 11.0 Å². The minimum absolute atomic E-state index is 0.126. The molecule has 1 saturated heterocycles. The monoisotopic (exact) mass is 288 g/mol. The maximum atomic E-state index is 12.9. The second-order valence-electron chi connectivity index (χ2n) is 4.67. The number of halogens is 3. The number of hydrogen-bond acceptors (Lipinski definition) is 3. The maximum absolute atomic E-state index is 12.9. The molecule has 1 aliphatic rings. The highest BCUT2D eigenvalue weighted by molar-refractivity contribution is 5.77. The number of anilines is 1. The zero-order valence-electron chi connectivity index (χ0n) is 10.7. The number of alkyl halides is 3. The summed E-state index contributed by atoms with van der Waals surface area (Å²) >= 11 is 0. The minimum Gasteiger partial charge on any atom is -0.387 e. The van der Waals surface area contributed by atoms with Crippen LogP contribution in [0.4, 0.5) is 18.9 Å². The fourth-order valence-corrected chi connectivity index (χ4v) is 2.36. The van der Waals surface area contributed by atoms with Crippen LogP contribution in [0.1, 0.15) is 12.0 Å². The Labute approximate surface area is 114 Å². The van der Waals surface area contributed by atoms with Crippen molar-refractivity contribution in [2.75, 3.05) is 24.6 Å². The fourth-order valence-electron chi connectivity index (χ4n) is 2.36. The van der Waals surface area contributed by atoms with E-state index >= 15 is 0 Å². The fraction of sp³-hybridized carbons (Fsp3) is 0.462. The van der Waals surface area contributed by atoms with Crippen molar-refractivity contribution in [2.24, 2.45) is 0 Å². The first-order valence-electron chi connectivity index (χ1n) is 6.23. The molecule has 0 saturated carbocycles. The maximum Gasteiger partial charge on any atom is 0.418 e. The number of benzene rings is 1. The van der Waals surface area contributed by atoms with Crippen LogP contribution >= 0.6 is 0 Å². The minimum atomic E-state index is -4.40. The van der Waals surface area contributed by atoms with E-state index in [9.17, 15) is 18.0 Å². The summed E-state index contributed by atoms with van der Waals surface area (Å²) in [6.45, 7) is 0.123. The number of nitrogens with zero attached hydrogens (tertiary/aromatic N) is 1. The summed E-state index contributed by atoms with van der Waals surface area (Å²) in [5.74, 6) is -0.513. The number of amides is 1. The van der Waals surface area contributed by atoms with Crippen LogP contribution in [0.2, 0.25) is 0 Å². The Bertz CT molecular complexity index is 491. The van der Waals surface area contributed by atoms with Crippen LogP contribution in [-0.4, -0.2) is 36.8 Å². The van der Waals surface area contributed by atoms with Gasteiger partial charge in [0.1, 0.15) is 6.61 Å². The van der Waals surface area contributed by atoms with Crippen molar-refractivity contribution in [1.29, 1.82) is 0 Å². The van der Waals surface area contributed by atoms with Crippen molar-refractivity contribution in [3.05, 3.63) is 29.8 Å². The molecule has 7 heteroatoms. The van der Waals surface area contributed by atoms with Crippen LogP contribution in [0.3, 0.4) is 0 Å². The summed E-state index contributed by atoms with van der Waals surface area (Å²) in [5.41, 5.74) is -0.546. The standard InChI is InChI=1S/C13H15F3N2O2/c14-13(15,16)10-3-1-2-4-11(10)18-6-5-9(7-18)17-12(20)8-19/h1-4,9,19H,5-8H2,(H,17,20)/t9-/m0/s1. The van der Waals surface area contributed by atoms with Crippen LogP contribution in [0.5, 0.6) is 0 Å². The first-order valence-corrected chi connectivity index (χ1v) is 6.23. The summed E-state index contributed by atoms with van der Waals surface area (Å²) in [6, 6.07) is 5.15. The number of hydrogen-bond donors (Lipinski definition) is 2. The second kappa shape index (κ2) is 5.70. The molecule has 0 aliphatic carbocycles. The molecule has 2 rings (SSSR count). The molecule has 1 heterocycles. The summed E-state index contributed by atoms with van der Waals surface area (Å²) in [5, 5.41) is 11.2. The van der Waals surface area contributed by atoms with E-state index in [0.29, 0.717) is 19.5 Å². The molecule has 1 aliphatic heterocycles. The van der Waals surface area contributed by atoms with Gasteiger partial charge in [0.2, 0.25) is 5.91 Å². The van der Waals surface area contributed by atoms with E-state index in [1.807, 2.05) is 0 Å². The number of carbonyl (C=O) groups excluding carboxylic acids is 1. The predicted molar refractivity (Wildman–Crippen MR) is 67.3 cm³/mol. The zero-order valence-corrected chi connectivity index (χ0v) is 10.7. The number of aliphatic hydroxyl groups excluding tert-OH is 1. The van der Waals surface area contributed by atoms with Crippen LogP contribution in [0, 0.1) is 0 Å². The van der Waals surface area contributed by atoms with Crippen LogP contribution in [-0.2, 0) is 11.0 Å². The van der Waals surface area contributed by atoms with Crippen molar-refractivity contribution in [1.82, 2.24) is 5.32 Å². The second-order valence-corrected chi connectivity index (χ2v) is 4.67. The highest BCUT2D eigenvalue weighted by atomic mass is 19.4. The van der Waals surface area contributed by atoms with Crippen LogP contribution in [0.25, 0.3) is 0 Å². The zero-order chi connectivity index (χ0) is 14.8. The van der Waals surface area contributed by atoms with Crippen molar-refractivity contribution >= 4 is 11.6 Å². The van der Waals surface area contributed by atoms with Gasteiger partial charge in [-0.1, -0.05) is 12.1 Å². The average Bonchev–Trinajstić information content (AvgIpc) is 2.86. The third kappa shape index (κ3) is 3.22. The molecular formula is C13H15F3N2O2. The van der Waals surface area contributed by atoms with Gasteiger partial charge in [-0.3, -0.25) is 4.79 Å². The van der Waals surface area contributed by atoms with Gasteiger partial charge in [0.15, 0.2) is 0 Å². The molecule has 0 spiro atoms. The van der Waals surface area contributed by atoms with E-state index in [0.717, 1.165) is 6.07 Å². The molecule has 1 atom stereocenters. The smallest absolute Gasteiger partial charge is 0.387 e. The molecule has 0 aromatic heterocycles.